The fourth-order valence-electron chi connectivity index (χ4n) is 0.893. The van der Waals surface area contributed by atoms with Crippen LogP contribution in [-0.2, 0) is 38.4 Å². The molecule has 0 saturated carbocycles. The van der Waals surface area contributed by atoms with Crippen molar-refractivity contribution in [3.8, 4) is 0 Å². The zero-order valence-electron chi connectivity index (χ0n) is 21.0. The molecule has 0 heterocycles. The van der Waals surface area contributed by atoms with E-state index in [0.29, 0.717) is 0 Å². The van der Waals surface area contributed by atoms with E-state index in [4.69, 9.17) is 20.1 Å². The SMILES string of the molecule is CC(=O)C(=O)[O-].CC(=O)O.O=C([O-])CC(O)(CC(=O)[O-])C(=O)[O-].O=C([O-])CCC(=O)O.[Na+].[Na+].[Na+].[Na+].[Na+]. The van der Waals surface area contributed by atoms with Crippen molar-refractivity contribution >= 4 is 47.6 Å². The minimum atomic E-state index is -2.97. The summed E-state index contributed by atoms with van der Waals surface area (Å²) < 4.78 is 0. The summed E-state index contributed by atoms with van der Waals surface area (Å²) >= 11 is 0. The van der Waals surface area contributed by atoms with Crippen molar-refractivity contribution in [2.24, 2.45) is 0 Å². The first-order valence-corrected chi connectivity index (χ1v) is 7.45. The van der Waals surface area contributed by atoms with E-state index < -0.39 is 72.4 Å². The van der Waals surface area contributed by atoms with E-state index in [1.165, 1.54) is 0 Å². The molecule has 0 unspecified atom stereocenters. The number of rotatable bonds is 9. The zero-order chi connectivity index (χ0) is 25.9. The number of carbonyl (C=O) groups is 8. The Morgan fingerprint density at radius 1 is 0.611 bits per heavy atom. The third kappa shape index (κ3) is 59.8. The largest absolute Gasteiger partial charge is 1.00 e. The summed E-state index contributed by atoms with van der Waals surface area (Å²) in [6, 6.07) is 0. The van der Waals surface area contributed by atoms with Crippen LogP contribution in [0.2, 0.25) is 0 Å². The van der Waals surface area contributed by atoms with Crippen LogP contribution in [0.25, 0.3) is 0 Å². The van der Waals surface area contributed by atoms with Crippen LogP contribution in [0.15, 0.2) is 0 Å². The molecule has 0 aliphatic carbocycles. The number of carbonyl (C=O) groups excluding carboxylic acids is 6. The minimum absolute atomic E-state index is 0. The van der Waals surface area contributed by atoms with E-state index in [0.717, 1.165) is 13.8 Å². The molecule has 21 heteroatoms. The summed E-state index contributed by atoms with van der Waals surface area (Å²) in [5.41, 5.74) is -2.97. The van der Waals surface area contributed by atoms with E-state index >= 15 is 0 Å². The van der Waals surface area contributed by atoms with Gasteiger partial charge in [-0.2, -0.15) is 0 Å². The fourth-order valence-corrected chi connectivity index (χ4v) is 0.893. The number of Topliss-reactive ketones (excluding diaryl/α,β-unsaturated/α-hetero) is 1. The van der Waals surface area contributed by atoms with Crippen molar-refractivity contribution < 1.29 is 227 Å². The molecule has 0 spiro atoms. The van der Waals surface area contributed by atoms with E-state index in [2.05, 4.69) is 0 Å². The van der Waals surface area contributed by atoms with Crippen LogP contribution in [0.4, 0.5) is 0 Å². The van der Waals surface area contributed by atoms with Crippen molar-refractivity contribution in [1.82, 2.24) is 0 Å². The van der Waals surface area contributed by atoms with Crippen molar-refractivity contribution in [2.45, 2.75) is 45.1 Å². The quantitative estimate of drug-likeness (QED) is 0.172. The van der Waals surface area contributed by atoms with Gasteiger partial charge in [0.25, 0.3) is 5.97 Å². The topological polar surface area (TPSA) is 313 Å². The molecule has 0 bridgehead atoms. The van der Waals surface area contributed by atoms with Crippen LogP contribution in [-0.4, -0.2) is 68.5 Å². The van der Waals surface area contributed by atoms with Gasteiger partial charge in [0.15, 0.2) is 5.78 Å². The van der Waals surface area contributed by atoms with Gasteiger partial charge in [-0.3, -0.25) is 14.4 Å². The van der Waals surface area contributed by atoms with Gasteiger partial charge in [0.2, 0.25) is 0 Å². The monoisotopic (exact) mass is 568 g/mol. The van der Waals surface area contributed by atoms with E-state index in [9.17, 15) is 59.1 Å². The predicted octanol–water partition coefficient (Wildman–Crippen LogP) is -23.2. The number of carboxylic acids is 7. The van der Waals surface area contributed by atoms with Crippen LogP contribution in [0.3, 0.4) is 0 Å². The Morgan fingerprint density at radius 3 is 0.944 bits per heavy atom. The Bertz CT molecular complexity index is 651. The smallest absolute Gasteiger partial charge is 0.550 e. The van der Waals surface area contributed by atoms with Gasteiger partial charge >= 0.3 is 154 Å². The predicted molar refractivity (Wildman–Crippen MR) is 80.1 cm³/mol. The summed E-state index contributed by atoms with van der Waals surface area (Å²) in [6.07, 6.45) is -3.48. The normalized spacial score (nSPS) is 7.75. The molecule has 36 heavy (non-hydrogen) atoms. The molecule has 0 atom stereocenters. The van der Waals surface area contributed by atoms with Gasteiger partial charge in [0, 0.05) is 44.6 Å². The Balaban J connectivity index is -0.0000000398. The molecule has 0 radical (unpaired) electrons. The number of aliphatic carboxylic acids is 7. The summed E-state index contributed by atoms with van der Waals surface area (Å²) in [4.78, 5) is 76.9. The average Bonchev–Trinajstić information content (AvgIpc) is 2.51. The molecule has 0 rings (SSSR count). The molecule has 0 saturated heterocycles. The molecular formula is C15H17Na5O16. The number of carboxylic acid groups (broad SMARTS) is 7. The van der Waals surface area contributed by atoms with E-state index in [1.807, 2.05) is 0 Å². The van der Waals surface area contributed by atoms with Crippen LogP contribution in [0.1, 0.15) is 39.5 Å². The van der Waals surface area contributed by atoms with Gasteiger partial charge in [-0.25, -0.2) is 0 Å². The maximum atomic E-state index is 10.1. The second-order valence-electron chi connectivity index (χ2n) is 5.05. The maximum Gasteiger partial charge on any atom is 1.00 e. The van der Waals surface area contributed by atoms with Crippen LogP contribution in [0.5, 0.6) is 0 Å². The van der Waals surface area contributed by atoms with Crippen molar-refractivity contribution in [2.75, 3.05) is 0 Å². The van der Waals surface area contributed by atoms with Crippen molar-refractivity contribution in [3.05, 3.63) is 0 Å². The summed E-state index contributed by atoms with van der Waals surface area (Å²) in [7, 11) is 0. The fraction of sp³-hybridized carbons (Fsp3) is 0.467. The summed E-state index contributed by atoms with van der Waals surface area (Å²) in [5, 5.41) is 73.0. The number of aliphatic hydroxyl groups is 1. The standard InChI is InChI=1S/C6H8O7.C4H6O4.C3H4O3.C2H4O2.5Na/c7-3(8)1-6(13,5(11)12)2-4(9)10;5-3(6)1-2-4(7)8;1-2(4)3(5)6;1-2(3)4;;;;;/h13H,1-2H2,(H,7,8)(H,9,10)(H,11,12);1-2H2,(H,5,6)(H,7,8);1H3,(H,5,6);1H3,(H,3,4);;;;;/q;;;;5*+1/p-5. The third-order valence-electron chi connectivity index (χ3n) is 2.08. The first-order valence-electron chi connectivity index (χ1n) is 7.45. The molecule has 178 valence electrons. The molecular weight excluding hydrogens is 551 g/mol. The molecule has 3 N–H and O–H groups in total. The van der Waals surface area contributed by atoms with Crippen LogP contribution < -0.4 is 173 Å². The van der Waals surface area contributed by atoms with Crippen molar-refractivity contribution in [3.63, 3.8) is 0 Å². The molecule has 16 nitrogen and oxygen atoms in total. The molecule has 0 aromatic rings. The number of ketones is 1. The Hall–Kier alpha value is 0.920. The summed E-state index contributed by atoms with van der Waals surface area (Å²) in [5.74, 6) is -11.8. The Labute approximate surface area is 315 Å². The van der Waals surface area contributed by atoms with E-state index in [-0.39, 0.29) is 154 Å². The van der Waals surface area contributed by atoms with Gasteiger partial charge in [-0.15, -0.1) is 0 Å². The number of hydrogen-bond acceptors (Lipinski definition) is 14. The molecule has 0 aliphatic rings. The average molecular weight is 568 g/mol. The summed E-state index contributed by atoms with van der Waals surface area (Å²) in [6.45, 7) is 2.02. The minimum Gasteiger partial charge on any atom is -0.550 e. The third-order valence-corrected chi connectivity index (χ3v) is 2.08. The second-order valence-corrected chi connectivity index (χ2v) is 5.05. The molecule has 0 fully saturated rings. The first kappa shape index (κ1) is 61.1. The van der Waals surface area contributed by atoms with Gasteiger partial charge < -0.3 is 64.8 Å². The van der Waals surface area contributed by atoms with Gasteiger partial charge in [-0.1, -0.05) is 0 Å². The second kappa shape index (κ2) is 35.9. The van der Waals surface area contributed by atoms with E-state index in [1.54, 1.807) is 0 Å². The zero-order valence-corrected chi connectivity index (χ0v) is 31.0. The molecule has 0 aromatic heterocycles. The molecule has 0 aromatic carbocycles. The van der Waals surface area contributed by atoms with Crippen LogP contribution >= 0.6 is 0 Å². The molecule has 0 amide bonds. The molecule has 0 aliphatic heterocycles. The van der Waals surface area contributed by atoms with Gasteiger partial charge in [0.05, 0.1) is 12.4 Å². The van der Waals surface area contributed by atoms with Crippen molar-refractivity contribution in [1.29, 1.82) is 0 Å². The number of hydrogen-bond donors (Lipinski definition) is 3. The van der Waals surface area contributed by atoms with Gasteiger partial charge in [0.1, 0.15) is 11.6 Å². The first-order chi connectivity index (χ1) is 13.8. The Kier molecular flexibility index (Phi) is 61.0. The maximum absolute atomic E-state index is 10.1. The van der Waals surface area contributed by atoms with Gasteiger partial charge in [-0.05, 0) is 6.42 Å². The van der Waals surface area contributed by atoms with Crippen LogP contribution in [0, 0.1) is 0 Å². The Morgan fingerprint density at radius 2 is 0.861 bits per heavy atom.